The van der Waals surface area contributed by atoms with Gasteiger partial charge in [0.1, 0.15) is 16.5 Å². The SMILES string of the molecule is CCNC(=O)Cc1cc2c(NC(=O)c3ccc(F)cc3)[nH]nc2s1. The first-order valence-corrected chi connectivity index (χ1v) is 8.19. The van der Waals surface area contributed by atoms with Gasteiger partial charge in [0.15, 0.2) is 0 Å². The van der Waals surface area contributed by atoms with E-state index >= 15 is 0 Å². The largest absolute Gasteiger partial charge is 0.356 e. The lowest BCUT2D eigenvalue weighted by molar-refractivity contribution is -0.120. The molecule has 0 spiro atoms. The van der Waals surface area contributed by atoms with Crippen LogP contribution in [0.15, 0.2) is 30.3 Å². The maximum Gasteiger partial charge on any atom is 0.256 e. The number of hydrogen-bond donors (Lipinski definition) is 3. The molecule has 124 valence electrons. The molecule has 2 amide bonds. The fourth-order valence-electron chi connectivity index (χ4n) is 2.25. The zero-order valence-electron chi connectivity index (χ0n) is 12.9. The molecule has 6 nitrogen and oxygen atoms in total. The van der Waals surface area contributed by atoms with Gasteiger partial charge in [-0.2, -0.15) is 5.10 Å². The fourth-order valence-corrected chi connectivity index (χ4v) is 3.24. The van der Waals surface area contributed by atoms with Crippen LogP contribution in [0.25, 0.3) is 10.2 Å². The van der Waals surface area contributed by atoms with Gasteiger partial charge in [0.05, 0.1) is 11.8 Å². The topological polar surface area (TPSA) is 86.9 Å². The number of aromatic amines is 1. The number of anilines is 1. The Morgan fingerprint density at radius 2 is 2.04 bits per heavy atom. The van der Waals surface area contributed by atoms with Gasteiger partial charge < -0.3 is 10.6 Å². The van der Waals surface area contributed by atoms with Crippen LogP contribution in [-0.2, 0) is 11.2 Å². The van der Waals surface area contributed by atoms with Crippen molar-refractivity contribution in [2.24, 2.45) is 0 Å². The zero-order valence-corrected chi connectivity index (χ0v) is 13.7. The molecule has 0 bridgehead atoms. The average Bonchev–Trinajstić information content (AvgIpc) is 3.09. The van der Waals surface area contributed by atoms with Gasteiger partial charge in [0.2, 0.25) is 5.91 Å². The van der Waals surface area contributed by atoms with Gasteiger partial charge in [-0.1, -0.05) is 0 Å². The van der Waals surface area contributed by atoms with Crippen LogP contribution in [0, 0.1) is 5.82 Å². The van der Waals surface area contributed by atoms with Crippen LogP contribution in [0.5, 0.6) is 0 Å². The van der Waals surface area contributed by atoms with Crippen LogP contribution in [0.2, 0.25) is 0 Å². The number of likely N-dealkylation sites (N-methyl/N-ethyl adjacent to an activating group) is 1. The Bertz CT molecular complexity index is 885. The first kappa shape index (κ1) is 16.1. The Labute approximate surface area is 141 Å². The summed E-state index contributed by atoms with van der Waals surface area (Å²) in [6.45, 7) is 2.45. The average molecular weight is 346 g/mol. The van der Waals surface area contributed by atoms with Gasteiger partial charge >= 0.3 is 0 Å². The second kappa shape index (κ2) is 6.79. The molecule has 2 aromatic heterocycles. The Balaban J connectivity index is 1.77. The number of H-pyrrole nitrogens is 1. The monoisotopic (exact) mass is 346 g/mol. The third-order valence-electron chi connectivity index (χ3n) is 3.36. The number of rotatable bonds is 5. The maximum absolute atomic E-state index is 12.9. The standard InChI is InChI=1S/C16H15FN4O2S/c1-2-18-13(22)8-11-7-12-14(20-21-16(12)24-11)19-15(23)9-3-5-10(17)6-4-9/h3-7H,2,8H2,1H3,(H,18,22)(H2,19,20,21,23). The Kier molecular flexibility index (Phi) is 4.57. The molecule has 0 fully saturated rings. The van der Waals surface area contributed by atoms with Crippen LogP contribution >= 0.6 is 11.3 Å². The van der Waals surface area contributed by atoms with Crippen LogP contribution in [0.4, 0.5) is 10.2 Å². The summed E-state index contributed by atoms with van der Waals surface area (Å²) in [4.78, 5) is 25.4. The maximum atomic E-state index is 12.9. The van der Waals surface area contributed by atoms with Crippen LogP contribution in [0.3, 0.4) is 0 Å². The molecule has 0 aliphatic rings. The van der Waals surface area contributed by atoms with E-state index in [2.05, 4.69) is 20.8 Å². The lowest BCUT2D eigenvalue weighted by atomic mass is 10.2. The summed E-state index contributed by atoms with van der Waals surface area (Å²) in [7, 11) is 0. The molecule has 0 aliphatic heterocycles. The number of aromatic nitrogens is 2. The highest BCUT2D eigenvalue weighted by molar-refractivity contribution is 7.18. The normalized spacial score (nSPS) is 10.8. The summed E-state index contributed by atoms with van der Waals surface area (Å²) < 4.78 is 12.9. The van der Waals surface area contributed by atoms with E-state index in [1.807, 2.05) is 13.0 Å². The Morgan fingerprint density at radius 3 is 2.75 bits per heavy atom. The lowest BCUT2D eigenvalue weighted by Crippen LogP contribution is -2.23. The van der Waals surface area contributed by atoms with Crippen molar-refractivity contribution >= 4 is 39.2 Å². The minimum atomic E-state index is -0.400. The van der Waals surface area contributed by atoms with Crippen molar-refractivity contribution in [3.63, 3.8) is 0 Å². The molecular formula is C16H15FN4O2S. The molecular weight excluding hydrogens is 331 g/mol. The molecule has 0 saturated heterocycles. The zero-order chi connectivity index (χ0) is 17.1. The van der Waals surface area contributed by atoms with Gasteiger partial charge in [-0.3, -0.25) is 14.7 Å². The van der Waals surface area contributed by atoms with Crippen molar-refractivity contribution in [1.29, 1.82) is 0 Å². The quantitative estimate of drug-likeness (QED) is 0.664. The molecule has 0 aliphatic carbocycles. The number of amides is 2. The van der Waals surface area contributed by atoms with Gasteiger partial charge in [0, 0.05) is 17.0 Å². The van der Waals surface area contributed by atoms with E-state index in [0.29, 0.717) is 22.8 Å². The van der Waals surface area contributed by atoms with Crippen molar-refractivity contribution in [2.75, 3.05) is 11.9 Å². The first-order valence-electron chi connectivity index (χ1n) is 7.37. The van der Waals surface area contributed by atoms with Gasteiger partial charge in [-0.05, 0) is 37.3 Å². The molecule has 24 heavy (non-hydrogen) atoms. The summed E-state index contributed by atoms with van der Waals surface area (Å²) in [6.07, 6.45) is 0.278. The number of halogens is 1. The smallest absolute Gasteiger partial charge is 0.256 e. The van der Waals surface area contributed by atoms with Gasteiger partial charge in [0.25, 0.3) is 5.91 Å². The van der Waals surface area contributed by atoms with Gasteiger partial charge in [-0.25, -0.2) is 4.39 Å². The molecule has 0 radical (unpaired) electrons. The summed E-state index contributed by atoms with van der Waals surface area (Å²) in [6, 6.07) is 7.11. The van der Waals surface area contributed by atoms with E-state index < -0.39 is 5.82 Å². The number of carbonyl (C=O) groups is 2. The van der Waals surface area contributed by atoms with E-state index in [1.54, 1.807) is 0 Å². The van der Waals surface area contributed by atoms with Crippen molar-refractivity contribution < 1.29 is 14.0 Å². The molecule has 3 rings (SSSR count). The predicted octanol–water partition coefficient (Wildman–Crippen LogP) is 2.69. The minimum Gasteiger partial charge on any atom is -0.356 e. The number of nitrogens with one attached hydrogen (secondary N) is 3. The summed E-state index contributed by atoms with van der Waals surface area (Å²) >= 11 is 1.39. The predicted molar refractivity (Wildman–Crippen MR) is 90.7 cm³/mol. The molecule has 3 N–H and O–H groups in total. The highest BCUT2D eigenvalue weighted by Gasteiger charge is 2.15. The van der Waals surface area contributed by atoms with Crippen LogP contribution < -0.4 is 10.6 Å². The summed E-state index contributed by atoms with van der Waals surface area (Å²) in [5.41, 5.74) is 0.344. The highest BCUT2D eigenvalue weighted by atomic mass is 32.1. The number of hydrogen-bond acceptors (Lipinski definition) is 4. The number of benzene rings is 1. The number of nitrogens with zero attached hydrogens (tertiary/aromatic N) is 1. The first-order chi connectivity index (χ1) is 11.6. The summed E-state index contributed by atoms with van der Waals surface area (Å²) in [5.74, 6) is -0.361. The third-order valence-corrected chi connectivity index (χ3v) is 4.38. The van der Waals surface area contributed by atoms with Crippen molar-refractivity contribution in [3.05, 3.63) is 46.6 Å². The number of carbonyl (C=O) groups excluding carboxylic acids is 2. The van der Waals surface area contributed by atoms with Crippen molar-refractivity contribution in [3.8, 4) is 0 Å². The number of thiophene rings is 1. The van der Waals surface area contributed by atoms with E-state index in [0.717, 1.165) is 10.3 Å². The number of fused-ring (bicyclic) bond motifs is 1. The van der Waals surface area contributed by atoms with E-state index in [-0.39, 0.29) is 18.2 Å². The molecule has 2 heterocycles. The van der Waals surface area contributed by atoms with Crippen LogP contribution in [0.1, 0.15) is 22.2 Å². The molecule has 0 unspecified atom stereocenters. The van der Waals surface area contributed by atoms with Crippen LogP contribution in [-0.4, -0.2) is 28.6 Å². The summed E-state index contributed by atoms with van der Waals surface area (Å²) in [5, 5.41) is 13.1. The second-order valence-electron chi connectivity index (χ2n) is 5.12. The van der Waals surface area contributed by atoms with Crippen molar-refractivity contribution in [1.82, 2.24) is 15.5 Å². The second-order valence-corrected chi connectivity index (χ2v) is 6.24. The van der Waals surface area contributed by atoms with Crippen molar-refractivity contribution in [2.45, 2.75) is 13.3 Å². The minimum absolute atomic E-state index is 0.0534. The van der Waals surface area contributed by atoms with Gasteiger partial charge in [-0.15, -0.1) is 11.3 Å². The molecule has 0 saturated carbocycles. The highest BCUT2D eigenvalue weighted by Crippen LogP contribution is 2.29. The fraction of sp³-hybridized carbons (Fsp3) is 0.188. The van der Waals surface area contributed by atoms with E-state index in [4.69, 9.17) is 0 Å². The Morgan fingerprint density at radius 1 is 1.29 bits per heavy atom. The Hall–Kier alpha value is -2.74. The third kappa shape index (κ3) is 3.43. The van der Waals surface area contributed by atoms with E-state index in [9.17, 15) is 14.0 Å². The molecule has 8 heteroatoms. The van der Waals surface area contributed by atoms with E-state index in [1.165, 1.54) is 35.6 Å². The molecule has 1 aromatic carbocycles. The molecule has 0 atom stereocenters. The molecule has 3 aromatic rings. The lowest BCUT2D eigenvalue weighted by Gasteiger charge is -2.02.